The highest BCUT2D eigenvalue weighted by Crippen LogP contribution is 2.42. The lowest BCUT2D eigenvalue weighted by Crippen LogP contribution is -2.38. The number of H-pyrrole nitrogens is 1. The van der Waals surface area contributed by atoms with Gasteiger partial charge >= 0.3 is 0 Å². The Labute approximate surface area is 138 Å². The minimum atomic E-state index is 0.441. The van der Waals surface area contributed by atoms with Gasteiger partial charge in [-0.3, -0.25) is 0 Å². The van der Waals surface area contributed by atoms with E-state index in [4.69, 9.17) is 4.74 Å². The number of ether oxygens (including phenoxy) is 1. The molecule has 2 aliphatic rings. The molecule has 3 heteroatoms. The zero-order valence-electron chi connectivity index (χ0n) is 14.3. The number of methoxy groups -OCH3 is 1. The number of aromatic amines is 1. The summed E-state index contributed by atoms with van der Waals surface area (Å²) >= 11 is 0. The molecule has 4 rings (SSSR count). The van der Waals surface area contributed by atoms with Gasteiger partial charge in [-0.25, -0.2) is 0 Å². The van der Waals surface area contributed by atoms with Crippen molar-refractivity contribution in [2.45, 2.75) is 39.2 Å². The quantitative estimate of drug-likeness (QED) is 0.809. The van der Waals surface area contributed by atoms with E-state index in [0.717, 1.165) is 24.6 Å². The highest BCUT2D eigenvalue weighted by molar-refractivity contribution is 5.86. The summed E-state index contributed by atoms with van der Waals surface area (Å²) < 4.78 is 5.42. The minimum absolute atomic E-state index is 0.441. The fraction of sp³-hybridized carbons (Fsp3) is 0.500. The maximum atomic E-state index is 5.42. The van der Waals surface area contributed by atoms with Crippen molar-refractivity contribution in [1.82, 2.24) is 10.3 Å². The zero-order valence-corrected chi connectivity index (χ0v) is 14.3. The number of nitrogens with one attached hydrogen (secondary N) is 2. The topological polar surface area (TPSA) is 37.0 Å². The van der Waals surface area contributed by atoms with Crippen molar-refractivity contribution in [2.24, 2.45) is 11.8 Å². The van der Waals surface area contributed by atoms with Gasteiger partial charge in [-0.1, -0.05) is 18.6 Å². The van der Waals surface area contributed by atoms with Crippen LogP contribution in [0.3, 0.4) is 0 Å². The van der Waals surface area contributed by atoms with E-state index in [2.05, 4.69) is 42.4 Å². The molecule has 2 aromatic rings. The largest absolute Gasteiger partial charge is 0.497 e. The van der Waals surface area contributed by atoms with Crippen LogP contribution >= 0.6 is 0 Å². The molecule has 0 amide bonds. The minimum Gasteiger partial charge on any atom is -0.497 e. The van der Waals surface area contributed by atoms with Crippen molar-refractivity contribution in [3.8, 4) is 5.75 Å². The van der Waals surface area contributed by atoms with Gasteiger partial charge in [0.1, 0.15) is 5.75 Å². The molecule has 1 aliphatic heterocycles. The Morgan fingerprint density at radius 3 is 2.91 bits per heavy atom. The molecule has 1 aromatic heterocycles. The summed E-state index contributed by atoms with van der Waals surface area (Å²) in [6.45, 7) is 5.73. The number of aromatic nitrogens is 1. The first-order valence-corrected chi connectivity index (χ1v) is 8.75. The van der Waals surface area contributed by atoms with Crippen molar-refractivity contribution in [3.63, 3.8) is 0 Å². The lowest BCUT2D eigenvalue weighted by molar-refractivity contribution is 0.243. The third-order valence-corrected chi connectivity index (χ3v) is 5.74. The Hall–Kier alpha value is -1.74. The van der Waals surface area contributed by atoms with Crippen LogP contribution in [0, 0.1) is 11.8 Å². The Bertz CT molecular complexity index is 758. The lowest BCUT2D eigenvalue weighted by atomic mass is 9.74. The van der Waals surface area contributed by atoms with Gasteiger partial charge in [0, 0.05) is 16.6 Å². The molecule has 1 aliphatic carbocycles. The van der Waals surface area contributed by atoms with Crippen LogP contribution in [0.25, 0.3) is 10.9 Å². The van der Waals surface area contributed by atoms with Gasteiger partial charge in [-0.2, -0.15) is 0 Å². The zero-order chi connectivity index (χ0) is 16.0. The van der Waals surface area contributed by atoms with E-state index in [0.29, 0.717) is 12.0 Å². The molecular formula is C20H26N2O. The lowest BCUT2D eigenvalue weighted by Gasteiger charge is -2.37. The predicted octanol–water partition coefficient (Wildman–Crippen LogP) is 4.36. The molecule has 0 bridgehead atoms. The second-order valence-corrected chi connectivity index (χ2v) is 7.24. The third kappa shape index (κ3) is 2.47. The van der Waals surface area contributed by atoms with E-state index in [1.165, 1.54) is 35.0 Å². The molecule has 2 N–H and O–H groups in total. The molecule has 3 nitrogen and oxygen atoms in total. The van der Waals surface area contributed by atoms with Crippen LogP contribution in [0.2, 0.25) is 0 Å². The van der Waals surface area contributed by atoms with Gasteiger partial charge in [0.05, 0.1) is 13.2 Å². The predicted molar refractivity (Wildman–Crippen MR) is 94.9 cm³/mol. The van der Waals surface area contributed by atoms with Gasteiger partial charge in [0.25, 0.3) is 0 Å². The molecule has 0 fully saturated rings. The summed E-state index contributed by atoms with van der Waals surface area (Å²) in [5.41, 5.74) is 5.68. The van der Waals surface area contributed by atoms with Crippen LogP contribution in [0.4, 0.5) is 0 Å². The summed E-state index contributed by atoms with van der Waals surface area (Å²) in [5.74, 6) is 2.34. The Morgan fingerprint density at radius 1 is 1.26 bits per heavy atom. The molecule has 122 valence electrons. The first kappa shape index (κ1) is 14.8. The molecule has 0 saturated carbocycles. The van der Waals surface area contributed by atoms with E-state index in [9.17, 15) is 0 Å². The Morgan fingerprint density at radius 2 is 2.13 bits per heavy atom. The normalized spacial score (nSPS) is 27.6. The number of fused-ring (bicyclic) bond motifs is 3. The number of hydrogen-bond acceptors (Lipinski definition) is 2. The van der Waals surface area contributed by atoms with Crippen molar-refractivity contribution in [1.29, 1.82) is 0 Å². The van der Waals surface area contributed by atoms with E-state index in [-0.39, 0.29) is 0 Å². The van der Waals surface area contributed by atoms with Gasteiger partial charge in [0.15, 0.2) is 0 Å². The monoisotopic (exact) mass is 310 g/mol. The summed E-state index contributed by atoms with van der Waals surface area (Å²) in [5, 5.41) is 5.12. The maximum absolute atomic E-state index is 5.42. The summed E-state index contributed by atoms with van der Waals surface area (Å²) in [6.07, 6.45) is 5.94. The Kier molecular flexibility index (Phi) is 3.68. The summed E-state index contributed by atoms with van der Waals surface area (Å²) in [7, 11) is 1.74. The summed E-state index contributed by atoms with van der Waals surface area (Å²) in [6, 6.07) is 6.82. The van der Waals surface area contributed by atoms with Gasteiger partial charge < -0.3 is 15.0 Å². The van der Waals surface area contributed by atoms with Crippen LogP contribution < -0.4 is 10.1 Å². The van der Waals surface area contributed by atoms with Gasteiger partial charge in [-0.15, -0.1) is 0 Å². The molecule has 1 aromatic carbocycles. The highest BCUT2D eigenvalue weighted by Gasteiger charge is 2.34. The SMILES string of the molecule is COc1ccc2[nH]c3c(c2c1)CCN[C@@H]3[C@@H]1CC=C(C)C[C@@H]1C. The number of allylic oxidation sites excluding steroid dienone is 2. The van der Waals surface area contributed by atoms with Crippen LogP contribution in [-0.2, 0) is 6.42 Å². The number of benzene rings is 1. The molecule has 3 atom stereocenters. The first-order chi connectivity index (χ1) is 11.2. The number of hydrogen-bond donors (Lipinski definition) is 2. The van der Waals surface area contributed by atoms with Crippen molar-refractivity contribution in [3.05, 3.63) is 41.1 Å². The van der Waals surface area contributed by atoms with Crippen molar-refractivity contribution >= 4 is 10.9 Å². The molecular weight excluding hydrogens is 284 g/mol. The molecule has 0 spiro atoms. The van der Waals surface area contributed by atoms with E-state index < -0.39 is 0 Å². The Balaban J connectivity index is 1.76. The second-order valence-electron chi connectivity index (χ2n) is 7.24. The molecule has 23 heavy (non-hydrogen) atoms. The number of rotatable bonds is 2. The van der Waals surface area contributed by atoms with Crippen molar-refractivity contribution in [2.75, 3.05) is 13.7 Å². The van der Waals surface area contributed by atoms with Crippen LogP contribution in [0.1, 0.15) is 44.0 Å². The van der Waals surface area contributed by atoms with E-state index in [1.807, 2.05) is 6.07 Å². The first-order valence-electron chi connectivity index (χ1n) is 8.75. The van der Waals surface area contributed by atoms with E-state index >= 15 is 0 Å². The van der Waals surface area contributed by atoms with E-state index in [1.54, 1.807) is 12.7 Å². The van der Waals surface area contributed by atoms with Gasteiger partial charge in [0.2, 0.25) is 0 Å². The maximum Gasteiger partial charge on any atom is 0.119 e. The summed E-state index contributed by atoms with van der Waals surface area (Å²) in [4.78, 5) is 3.71. The molecule has 0 radical (unpaired) electrons. The molecule has 0 unspecified atom stereocenters. The third-order valence-electron chi connectivity index (χ3n) is 5.74. The molecule has 0 saturated heterocycles. The van der Waals surface area contributed by atoms with Crippen molar-refractivity contribution < 1.29 is 4.74 Å². The van der Waals surface area contributed by atoms with Crippen LogP contribution in [0.15, 0.2) is 29.8 Å². The molecule has 2 heterocycles. The second kappa shape index (κ2) is 5.72. The standard InChI is InChI=1S/C20H26N2O/c1-12-4-6-15(13(2)10-12)19-20-16(8-9-21-19)17-11-14(23-3)5-7-18(17)22-20/h4-5,7,11,13,15,19,21-22H,6,8-10H2,1-3H3/t13-,15+,19+/m0/s1. The highest BCUT2D eigenvalue weighted by atomic mass is 16.5. The average molecular weight is 310 g/mol. The fourth-order valence-corrected chi connectivity index (χ4v) is 4.51. The van der Waals surface area contributed by atoms with Gasteiger partial charge in [-0.05, 0) is 68.3 Å². The average Bonchev–Trinajstić information content (AvgIpc) is 2.93. The van der Waals surface area contributed by atoms with Crippen LogP contribution in [-0.4, -0.2) is 18.6 Å². The van der Waals surface area contributed by atoms with Crippen LogP contribution in [0.5, 0.6) is 5.75 Å². The fourth-order valence-electron chi connectivity index (χ4n) is 4.51. The smallest absolute Gasteiger partial charge is 0.119 e.